The zero-order valence-electron chi connectivity index (χ0n) is 13.6. The first-order chi connectivity index (χ1) is 12.2. The van der Waals surface area contributed by atoms with Gasteiger partial charge in [0.2, 0.25) is 0 Å². The molecule has 126 valence electrons. The Balaban J connectivity index is 1.74. The average Bonchev–Trinajstić information content (AvgIpc) is 3.10. The normalized spacial score (nSPS) is 16.2. The quantitative estimate of drug-likeness (QED) is 0.771. The van der Waals surface area contributed by atoms with Crippen LogP contribution in [0.2, 0.25) is 0 Å². The Morgan fingerprint density at radius 2 is 1.92 bits per heavy atom. The van der Waals surface area contributed by atoms with Crippen molar-refractivity contribution in [3.63, 3.8) is 0 Å². The number of ether oxygens (including phenoxy) is 1. The van der Waals surface area contributed by atoms with E-state index in [1.165, 1.54) is 11.3 Å². The van der Waals surface area contributed by atoms with Crippen molar-refractivity contribution in [1.29, 1.82) is 0 Å². The lowest BCUT2D eigenvalue weighted by atomic mass is 10.1. The van der Waals surface area contributed by atoms with Crippen LogP contribution in [0.5, 0.6) is 5.75 Å². The van der Waals surface area contributed by atoms with Crippen molar-refractivity contribution in [1.82, 2.24) is 5.32 Å². The van der Waals surface area contributed by atoms with Crippen LogP contribution in [0.3, 0.4) is 0 Å². The molecule has 2 aromatic carbocycles. The molecule has 25 heavy (non-hydrogen) atoms. The molecule has 1 N–H and O–H groups in total. The standard InChI is InChI=1S/C19H16N2O3S/c1-20-18(22)15-11-21(13-7-3-4-8-14(13)24-15)19(23)17-10-12-6-2-5-9-16(12)25-17/h2-10,15H,11H2,1H3,(H,20,22). The largest absolute Gasteiger partial charge is 0.477 e. The van der Waals surface area contributed by atoms with E-state index in [2.05, 4.69) is 5.32 Å². The van der Waals surface area contributed by atoms with Gasteiger partial charge in [0.25, 0.3) is 11.8 Å². The third-order valence-electron chi connectivity index (χ3n) is 4.19. The second-order valence-corrected chi connectivity index (χ2v) is 6.84. The van der Waals surface area contributed by atoms with Gasteiger partial charge in [-0.3, -0.25) is 14.5 Å². The molecule has 0 aliphatic carbocycles. The lowest BCUT2D eigenvalue weighted by Crippen LogP contribution is -2.50. The summed E-state index contributed by atoms with van der Waals surface area (Å²) in [5, 5.41) is 3.63. The number of carbonyl (C=O) groups is 2. The summed E-state index contributed by atoms with van der Waals surface area (Å²) < 4.78 is 6.82. The fourth-order valence-corrected chi connectivity index (χ4v) is 3.96. The molecule has 6 heteroatoms. The first kappa shape index (κ1) is 15.7. The monoisotopic (exact) mass is 352 g/mol. The molecule has 1 aliphatic rings. The fourth-order valence-electron chi connectivity index (χ4n) is 2.94. The fraction of sp³-hybridized carbons (Fsp3) is 0.158. The highest BCUT2D eigenvalue weighted by molar-refractivity contribution is 7.20. The number of likely N-dealkylation sites (N-methyl/N-ethyl adjacent to an activating group) is 1. The Bertz CT molecular complexity index is 933. The molecule has 5 nitrogen and oxygen atoms in total. The maximum Gasteiger partial charge on any atom is 0.268 e. The van der Waals surface area contributed by atoms with Crippen molar-refractivity contribution >= 4 is 38.9 Å². The van der Waals surface area contributed by atoms with Gasteiger partial charge in [-0.2, -0.15) is 0 Å². The molecule has 2 amide bonds. The van der Waals surface area contributed by atoms with Gasteiger partial charge in [0.15, 0.2) is 6.10 Å². The molecule has 0 bridgehead atoms. The van der Waals surface area contributed by atoms with Gasteiger partial charge in [0, 0.05) is 11.7 Å². The van der Waals surface area contributed by atoms with Gasteiger partial charge in [-0.1, -0.05) is 30.3 Å². The van der Waals surface area contributed by atoms with E-state index in [9.17, 15) is 9.59 Å². The van der Waals surface area contributed by atoms with E-state index in [1.54, 1.807) is 18.0 Å². The summed E-state index contributed by atoms with van der Waals surface area (Å²) in [4.78, 5) is 27.5. The molecule has 1 aliphatic heterocycles. The highest BCUT2D eigenvalue weighted by atomic mass is 32.1. The summed E-state index contributed by atoms with van der Waals surface area (Å²) in [6, 6.07) is 17.1. The molecule has 1 atom stereocenters. The number of amides is 2. The summed E-state index contributed by atoms with van der Waals surface area (Å²) in [6.07, 6.45) is -0.724. The summed E-state index contributed by atoms with van der Waals surface area (Å²) in [5.74, 6) is 0.173. The summed E-state index contributed by atoms with van der Waals surface area (Å²) >= 11 is 1.46. The number of hydrogen-bond donors (Lipinski definition) is 1. The van der Waals surface area contributed by atoms with E-state index in [-0.39, 0.29) is 18.4 Å². The summed E-state index contributed by atoms with van der Waals surface area (Å²) in [6.45, 7) is 0.184. The third kappa shape index (κ3) is 2.74. The van der Waals surface area contributed by atoms with Crippen LogP contribution < -0.4 is 15.0 Å². The van der Waals surface area contributed by atoms with Crippen LogP contribution in [0.15, 0.2) is 54.6 Å². The summed E-state index contributed by atoms with van der Waals surface area (Å²) in [7, 11) is 1.56. The zero-order valence-corrected chi connectivity index (χ0v) is 14.4. The van der Waals surface area contributed by atoms with Crippen molar-refractivity contribution < 1.29 is 14.3 Å². The average molecular weight is 352 g/mol. The van der Waals surface area contributed by atoms with Gasteiger partial charge in [0.1, 0.15) is 5.75 Å². The highest BCUT2D eigenvalue weighted by Gasteiger charge is 2.34. The molecule has 0 saturated heterocycles. The minimum absolute atomic E-state index is 0.120. The molecule has 0 fully saturated rings. The van der Waals surface area contributed by atoms with Crippen LogP contribution in [0.25, 0.3) is 10.1 Å². The number of para-hydroxylation sites is 2. The Morgan fingerprint density at radius 1 is 1.16 bits per heavy atom. The van der Waals surface area contributed by atoms with Gasteiger partial charge < -0.3 is 10.1 Å². The van der Waals surface area contributed by atoms with E-state index < -0.39 is 6.10 Å². The predicted molar refractivity (Wildman–Crippen MR) is 98.4 cm³/mol. The van der Waals surface area contributed by atoms with E-state index in [0.717, 1.165) is 10.1 Å². The Hall–Kier alpha value is -2.86. The number of anilines is 1. The number of benzene rings is 2. The first-order valence-electron chi connectivity index (χ1n) is 7.95. The second kappa shape index (κ2) is 6.22. The molecule has 4 rings (SSSR count). The van der Waals surface area contributed by atoms with Crippen molar-refractivity contribution in [2.24, 2.45) is 0 Å². The minimum Gasteiger partial charge on any atom is -0.477 e. The second-order valence-electron chi connectivity index (χ2n) is 5.75. The van der Waals surface area contributed by atoms with Gasteiger partial charge >= 0.3 is 0 Å². The van der Waals surface area contributed by atoms with E-state index >= 15 is 0 Å². The van der Waals surface area contributed by atoms with Crippen LogP contribution in [-0.4, -0.2) is 31.5 Å². The van der Waals surface area contributed by atoms with Gasteiger partial charge in [-0.25, -0.2) is 0 Å². The maximum absolute atomic E-state index is 13.1. The molecule has 1 aromatic heterocycles. The molecule has 0 saturated carbocycles. The molecular formula is C19H16N2O3S. The maximum atomic E-state index is 13.1. The van der Waals surface area contributed by atoms with E-state index in [4.69, 9.17) is 4.74 Å². The van der Waals surface area contributed by atoms with Crippen LogP contribution in [0, 0.1) is 0 Å². The van der Waals surface area contributed by atoms with Crippen molar-refractivity contribution in [3.8, 4) is 5.75 Å². The number of thiophene rings is 1. The third-order valence-corrected chi connectivity index (χ3v) is 5.30. The Labute approximate surface area is 148 Å². The van der Waals surface area contributed by atoms with Crippen LogP contribution in [-0.2, 0) is 4.79 Å². The van der Waals surface area contributed by atoms with Crippen molar-refractivity contribution in [3.05, 3.63) is 59.5 Å². The van der Waals surface area contributed by atoms with Crippen LogP contribution in [0.1, 0.15) is 9.67 Å². The number of rotatable bonds is 2. The Morgan fingerprint density at radius 3 is 2.72 bits per heavy atom. The van der Waals surface area contributed by atoms with Crippen molar-refractivity contribution in [2.45, 2.75) is 6.10 Å². The zero-order chi connectivity index (χ0) is 17.4. The van der Waals surface area contributed by atoms with Gasteiger partial charge in [0.05, 0.1) is 17.1 Å². The van der Waals surface area contributed by atoms with Gasteiger partial charge in [-0.05, 0) is 29.7 Å². The molecule has 1 unspecified atom stereocenters. The number of nitrogens with zero attached hydrogens (tertiary/aromatic N) is 1. The lowest BCUT2D eigenvalue weighted by Gasteiger charge is -2.33. The highest BCUT2D eigenvalue weighted by Crippen LogP contribution is 2.35. The lowest BCUT2D eigenvalue weighted by molar-refractivity contribution is -0.127. The Kier molecular flexibility index (Phi) is 3.89. The number of nitrogens with one attached hydrogen (secondary N) is 1. The van der Waals surface area contributed by atoms with Crippen molar-refractivity contribution in [2.75, 3.05) is 18.5 Å². The van der Waals surface area contributed by atoms with E-state index in [1.807, 2.05) is 48.5 Å². The number of fused-ring (bicyclic) bond motifs is 2. The number of hydrogen-bond acceptors (Lipinski definition) is 4. The molecule has 2 heterocycles. The van der Waals surface area contributed by atoms with Crippen LogP contribution in [0.4, 0.5) is 5.69 Å². The minimum atomic E-state index is -0.724. The molecular weight excluding hydrogens is 336 g/mol. The topological polar surface area (TPSA) is 58.6 Å². The molecule has 0 spiro atoms. The molecule has 3 aromatic rings. The summed E-state index contributed by atoms with van der Waals surface area (Å²) in [5.41, 5.74) is 0.685. The van der Waals surface area contributed by atoms with E-state index in [0.29, 0.717) is 16.3 Å². The van der Waals surface area contributed by atoms with Gasteiger partial charge in [-0.15, -0.1) is 11.3 Å². The van der Waals surface area contributed by atoms with Crippen LogP contribution >= 0.6 is 11.3 Å². The first-order valence-corrected chi connectivity index (χ1v) is 8.77. The SMILES string of the molecule is CNC(=O)C1CN(C(=O)c2cc3ccccc3s2)c2ccccc2O1. The predicted octanol–water partition coefficient (Wildman–Crippen LogP) is 3.06. The smallest absolute Gasteiger partial charge is 0.268 e. The molecule has 0 radical (unpaired) electrons. The number of carbonyl (C=O) groups excluding carboxylic acids is 2.